The second-order valence-corrected chi connectivity index (χ2v) is 6.59. The third-order valence-corrected chi connectivity index (χ3v) is 4.66. The highest BCUT2D eigenvalue weighted by Gasteiger charge is 2.10. The third kappa shape index (κ3) is 5.28. The second-order valence-electron chi connectivity index (χ2n) is 6.59. The van der Waals surface area contributed by atoms with Crippen molar-refractivity contribution in [3.8, 4) is 0 Å². The van der Waals surface area contributed by atoms with E-state index in [0.717, 1.165) is 30.0 Å². The number of anilines is 3. The molecule has 0 unspecified atom stereocenters. The van der Waals surface area contributed by atoms with Crippen molar-refractivity contribution in [1.82, 2.24) is 20.3 Å². The maximum absolute atomic E-state index is 12.4. The first-order valence-electron chi connectivity index (χ1n) is 9.73. The van der Waals surface area contributed by atoms with Crippen molar-refractivity contribution in [1.29, 1.82) is 0 Å². The SMILES string of the molecule is CCN(CC)c1ccc(Nc2cc(C(=O)NCc3ccccn3)ncn2)c(C)c1. The van der Waals surface area contributed by atoms with Gasteiger partial charge in [0, 0.05) is 36.7 Å². The first-order valence-corrected chi connectivity index (χ1v) is 9.73. The lowest BCUT2D eigenvalue weighted by Gasteiger charge is -2.22. The Kier molecular flexibility index (Phi) is 6.73. The van der Waals surface area contributed by atoms with Crippen LogP contribution >= 0.6 is 0 Å². The molecule has 0 bridgehead atoms. The molecule has 0 aliphatic carbocycles. The molecule has 0 aliphatic heterocycles. The summed E-state index contributed by atoms with van der Waals surface area (Å²) in [6, 6.07) is 13.5. The van der Waals surface area contributed by atoms with Crippen molar-refractivity contribution in [3.63, 3.8) is 0 Å². The molecule has 2 heterocycles. The number of hydrogen-bond donors (Lipinski definition) is 2. The molecule has 0 spiro atoms. The van der Waals surface area contributed by atoms with E-state index in [1.165, 1.54) is 12.0 Å². The number of rotatable bonds is 8. The topological polar surface area (TPSA) is 83.0 Å². The van der Waals surface area contributed by atoms with Gasteiger partial charge in [-0.2, -0.15) is 0 Å². The molecule has 0 aliphatic rings. The van der Waals surface area contributed by atoms with Crippen molar-refractivity contribution in [2.75, 3.05) is 23.3 Å². The van der Waals surface area contributed by atoms with Crippen LogP contribution in [-0.2, 0) is 6.54 Å². The molecule has 29 heavy (non-hydrogen) atoms. The zero-order valence-electron chi connectivity index (χ0n) is 17.0. The number of carbonyl (C=O) groups is 1. The minimum absolute atomic E-state index is 0.269. The zero-order chi connectivity index (χ0) is 20.6. The van der Waals surface area contributed by atoms with E-state index in [-0.39, 0.29) is 5.91 Å². The highest BCUT2D eigenvalue weighted by atomic mass is 16.1. The van der Waals surface area contributed by atoms with Gasteiger partial charge in [-0.15, -0.1) is 0 Å². The van der Waals surface area contributed by atoms with E-state index in [9.17, 15) is 4.79 Å². The predicted molar refractivity (Wildman–Crippen MR) is 115 cm³/mol. The first-order chi connectivity index (χ1) is 14.1. The highest BCUT2D eigenvalue weighted by Crippen LogP contribution is 2.25. The van der Waals surface area contributed by atoms with Gasteiger partial charge in [0.05, 0.1) is 12.2 Å². The number of carbonyl (C=O) groups excluding carboxylic acids is 1. The van der Waals surface area contributed by atoms with Gasteiger partial charge in [0.15, 0.2) is 0 Å². The smallest absolute Gasteiger partial charge is 0.270 e. The van der Waals surface area contributed by atoms with Gasteiger partial charge in [0.2, 0.25) is 0 Å². The highest BCUT2D eigenvalue weighted by molar-refractivity contribution is 5.92. The van der Waals surface area contributed by atoms with Crippen LogP contribution in [0, 0.1) is 6.92 Å². The summed E-state index contributed by atoms with van der Waals surface area (Å²) in [6.07, 6.45) is 3.08. The standard InChI is InChI=1S/C22H26N6O/c1-4-28(5-2)18-9-10-19(16(3)12-18)27-21-13-20(25-15-26-21)22(29)24-14-17-8-6-7-11-23-17/h6-13,15H,4-5,14H2,1-3H3,(H,24,29)(H,25,26,27). The molecule has 1 aromatic carbocycles. The van der Waals surface area contributed by atoms with Gasteiger partial charge in [0.25, 0.3) is 5.91 Å². The molecule has 3 rings (SSSR count). The van der Waals surface area contributed by atoms with Gasteiger partial charge >= 0.3 is 0 Å². The van der Waals surface area contributed by atoms with Gasteiger partial charge in [-0.3, -0.25) is 9.78 Å². The van der Waals surface area contributed by atoms with Crippen LogP contribution in [0.4, 0.5) is 17.2 Å². The number of nitrogens with zero attached hydrogens (tertiary/aromatic N) is 4. The fraction of sp³-hybridized carbons (Fsp3) is 0.273. The van der Waals surface area contributed by atoms with Gasteiger partial charge in [0.1, 0.15) is 17.8 Å². The van der Waals surface area contributed by atoms with Crippen LogP contribution in [0.25, 0.3) is 0 Å². The summed E-state index contributed by atoms with van der Waals surface area (Å²) >= 11 is 0. The van der Waals surface area contributed by atoms with E-state index in [4.69, 9.17) is 0 Å². The lowest BCUT2D eigenvalue weighted by molar-refractivity contribution is 0.0945. The second kappa shape index (κ2) is 9.64. The molecular weight excluding hydrogens is 364 g/mol. The summed E-state index contributed by atoms with van der Waals surface area (Å²) in [4.78, 5) is 27.2. The molecule has 150 valence electrons. The molecular formula is C22H26N6O. The Morgan fingerprint density at radius 3 is 2.55 bits per heavy atom. The first kappa shape index (κ1) is 20.3. The Morgan fingerprint density at radius 2 is 1.86 bits per heavy atom. The average molecular weight is 390 g/mol. The molecule has 7 heteroatoms. The summed E-state index contributed by atoms with van der Waals surface area (Å²) in [5, 5.41) is 6.11. The molecule has 7 nitrogen and oxygen atoms in total. The molecule has 2 aromatic heterocycles. The third-order valence-electron chi connectivity index (χ3n) is 4.66. The van der Waals surface area contributed by atoms with Crippen LogP contribution in [0.3, 0.4) is 0 Å². The van der Waals surface area contributed by atoms with Crippen LogP contribution in [-0.4, -0.2) is 33.9 Å². The zero-order valence-corrected chi connectivity index (χ0v) is 17.0. The summed E-state index contributed by atoms with van der Waals surface area (Å²) < 4.78 is 0. The van der Waals surface area contributed by atoms with E-state index < -0.39 is 0 Å². The molecule has 0 radical (unpaired) electrons. The van der Waals surface area contributed by atoms with Gasteiger partial charge in [-0.1, -0.05) is 6.07 Å². The predicted octanol–water partition coefficient (Wildman–Crippen LogP) is 3.70. The number of nitrogens with one attached hydrogen (secondary N) is 2. The number of benzene rings is 1. The summed E-state index contributed by atoms with van der Waals surface area (Å²) in [6.45, 7) is 8.62. The normalized spacial score (nSPS) is 10.4. The van der Waals surface area contributed by atoms with E-state index in [0.29, 0.717) is 18.1 Å². The quantitative estimate of drug-likeness (QED) is 0.610. The molecule has 3 aromatic rings. The molecule has 0 saturated carbocycles. The lowest BCUT2D eigenvalue weighted by Crippen LogP contribution is -2.24. The summed E-state index contributed by atoms with van der Waals surface area (Å²) in [5.41, 5.74) is 4.33. The Balaban J connectivity index is 1.68. The largest absolute Gasteiger partial charge is 0.372 e. The molecule has 0 atom stereocenters. The maximum Gasteiger partial charge on any atom is 0.270 e. The Hall–Kier alpha value is -3.48. The Bertz CT molecular complexity index is 957. The Morgan fingerprint density at radius 1 is 1.03 bits per heavy atom. The van der Waals surface area contributed by atoms with Gasteiger partial charge < -0.3 is 15.5 Å². The molecule has 0 saturated heterocycles. The van der Waals surface area contributed by atoms with Crippen LogP contribution in [0.1, 0.15) is 35.6 Å². The van der Waals surface area contributed by atoms with Crippen molar-refractivity contribution in [3.05, 3.63) is 71.9 Å². The minimum atomic E-state index is -0.269. The van der Waals surface area contributed by atoms with Crippen LogP contribution in [0.5, 0.6) is 0 Å². The van der Waals surface area contributed by atoms with Crippen molar-refractivity contribution in [2.24, 2.45) is 0 Å². The van der Waals surface area contributed by atoms with Crippen molar-refractivity contribution < 1.29 is 4.79 Å². The molecule has 1 amide bonds. The lowest BCUT2D eigenvalue weighted by atomic mass is 10.1. The van der Waals surface area contributed by atoms with E-state index in [1.807, 2.05) is 24.3 Å². The van der Waals surface area contributed by atoms with Crippen molar-refractivity contribution >= 4 is 23.1 Å². The fourth-order valence-corrected chi connectivity index (χ4v) is 3.03. The number of hydrogen-bond acceptors (Lipinski definition) is 6. The fourth-order valence-electron chi connectivity index (χ4n) is 3.03. The minimum Gasteiger partial charge on any atom is -0.372 e. The Labute approximate surface area is 171 Å². The maximum atomic E-state index is 12.4. The van der Waals surface area contributed by atoms with E-state index >= 15 is 0 Å². The van der Waals surface area contributed by atoms with E-state index in [2.05, 4.69) is 63.4 Å². The van der Waals surface area contributed by atoms with Crippen LogP contribution in [0.15, 0.2) is 55.0 Å². The van der Waals surface area contributed by atoms with Crippen LogP contribution in [0.2, 0.25) is 0 Å². The molecule has 2 N–H and O–H groups in total. The average Bonchev–Trinajstić information content (AvgIpc) is 2.75. The number of pyridine rings is 1. The summed E-state index contributed by atoms with van der Waals surface area (Å²) in [5.74, 6) is 0.302. The van der Waals surface area contributed by atoms with E-state index in [1.54, 1.807) is 12.3 Å². The molecule has 0 fully saturated rings. The number of aromatic nitrogens is 3. The van der Waals surface area contributed by atoms with Crippen molar-refractivity contribution in [2.45, 2.75) is 27.3 Å². The monoisotopic (exact) mass is 390 g/mol. The number of aryl methyl sites for hydroxylation is 1. The summed E-state index contributed by atoms with van der Waals surface area (Å²) in [7, 11) is 0. The van der Waals surface area contributed by atoms with Crippen LogP contribution < -0.4 is 15.5 Å². The number of amides is 1. The van der Waals surface area contributed by atoms with Gasteiger partial charge in [-0.25, -0.2) is 9.97 Å². The van der Waals surface area contributed by atoms with Gasteiger partial charge in [-0.05, 0) is 56.7 Å².